The van der Waals surface area contributed by atoms with Crippen LogP contribution in [0.25, 0.3) is 0 Å². The molecule has 0 aliphatic heterocycles. The van der Waals surface area contributed by atoms with Crippen LogP contribution in [-0.2, 0) is 13.0 Å². The van der Waals surface area contributed by atoms with E-state index in [0.717, 1.165) is 5.56 Å². The van der Waals surface area contributed by atoms with Crippen molar-refractivity contribution in [3.05, 3.63) is 47.5 Å². The molecule has 3 unspecified atom stereocenters. The molecule has 0 aliphatic rings. The Bertz CT molecular complexity index is 775. The van der Waals surface area contributed by atoms with E-state index in [2.05, 4.69) is 5.32 Å². The lowest BCUT2D eigenvalue weighted by atomic mass is 9.97. The molecule has 28 heavy (non-hydrogen) atoms. The summed E-state index contributed by atoms with van der Waals surface area (Å²) in [5.74, 6) is 0. The summed E-state index contributed by atoms with van der Waals surface area (Å²) in [5.41, 5.74) is 15.9. The minimum Gasteiger partial charge on any atom is -0.398 e. The number of aliphatic hydroxyl groups excluding tert-OH is 4. The van der Waals surface area contributed by atoms with Gasteiger partial charge in [-0.3, -0.25) is 0 Å². The molecule has 2 rings (SSSR count). The summed E-state index contributed by atoms with van der Waals surface area (Å²) in [6, 6.07) is 10.7. The van der Waals surface area contributed by atoms with Crippen LogP contribution in [0, 0.1) is 0 Å². The van der Waals surface area contributed by atoms with Crippen LogP contribution in [0.4, 0.5) is 22.7 Å². The second-order valence-corrected chi connectivity index (χ2v) is 6.78. The van der Waals surface area contributed by atoms with Crippen molar-refractivity contribution in [3.8, 4) is 0 Å². The second-order valence-electron chi connectivity index (χ2n) is 6.78. The van der Waals surface area contributed by atoms with Crippen molar-refractivity contribution >= 4 is 22.7 Å². The number of para-hydroxylation sites is 2. The minimum atomic E-state index is -0.934. The molecule has 0 amide bonds. The van der Waals surface area contributed by atoms with Crippen molar-refractivity contribution in [3.63, 3.8) is 0 Å². The molecule has 8 nitrogen and oxygen atoms in total. The van der Waals surface area contributed by atoms with E-state index in [1.54, 1.807) is 32.0 Å². The normalized spacial score (nSPS) is 14.4. The standard InChI is InChI=1S/C20H30N4O4/c1-12(26)24(13(2)27)20-6-4-3-5-19(20)23-10-16-15(9-14(28)11-25)17(21)7-8-18(16)22/h3-8,12-14,23,25-28H,9-11,21-22H2,1-2H3. The van der Waals surface area contributed by atoms with Crippen LogP contribution in [-0.4, -0.2) is 45.6 Å². The van der Waals surface area contributed by atoms with Gasteiger partial charge >= 0.3 is 0 Å². The highest BCUT2D eigenvalue weighted by Gasteiger charge is 2.20. The van der Waals surface area contributed by atoms with Gasteiger partial charge in [0.15, 0.2) is 0 Å². The molecule has 0 fully saturated rings. The monoisotopic (exact) mass is 390 g/mol. The first-order chi connectivity index (χ1) is 13.3. The molecular formula is C20H30N4O4. The van der Waals surface area contributed by atoms with Crippen LogP contribution >= 0.6 is 0 Å². The molecule has 154 valence electrons. The number of rotatable bonds is 9. The molecule has 0 radical (unpaired) electrons. The largest absolute Gasteiger partial charge is 0.398 e. The van der Waals surface area contributed by atoms with Gasteiger partial charge in [0.05, 0.1) is 24.1 Å². The summed E-state index contributed by atoms with van der Waals surface area (Å²) in [4.78, 5) is 1.47. The van der Waals surface area contributed by atoms with E-state index in [1.165, 1.54) is 4.90 Å². The van der Waals surface area contributed by atoms with Gasteiger partial charge < -0.3 is 42.1 Å². The number of nitrogens with zero attached hydrogens (tertiary/aromatic N) is 1. The molecule has 8 heteroatoms. The molecule has 0 bridgehead atoms. The molecule has 3 atom stereocenters. The van der Waals surface area contributed by atoms with Gasteiger partial charge in [0.25, 0.3) is 0 Å². The Labute approximate surface area is 165 Å². The molecule has 9 N–H and O–H groups in total. The first-order valence-electron chi connectivity index (χ1n) is 9.18. The van der Waals surface area contributed by atoms with Gasteiger partial charge in [-0.15, -0.1) is 0 Å². The summed E-state index contributed by atoms with van der Waals surface area (Å²) in [7, 11) is 0. The maximum Gasteiger partial charge on any atom is 0.126 e. The Balaban J connectivity index is 2.34. The lowest BCUT2D eigenvalue weighted by Gasteiger charge is -2.32. The third kappa shape index (κ3) is 5.05. The predicted molar refractivity (Wildman–Crippen MR) is 112 cm³/mol. The van der Waals surface area contributed by atoms with Gasteiger partial charge in [-0.25, -0.2) is 0 Å². The van der Waals surface area contributed by atoms with E-state index in [1.807, 2.05) is 18.2 Å². The lowest BCUT2D eigenvalue weighted by Crippen LogP contribution is -2.40. The van der Waals surface area contributed by atoms with Crippen molar-refractivity contribution in [1.29, 1.82) is 0 Å². The summed E-state index contributed by atoms with van der Waals surface area (Å²) in [6.07, 6.45) is -2.54. The van der Waals surface area contributed by atoms with Crippen molar-refractivity contribution in [2.45, 2.75) is 45.4 Å². The van der Waals surface area contributed by atoms with Gasteiger partial charge in [-0.2, -0.15) is 0 Å². The van der Waals surface area contributed by atoms with E-state index in [4.69, 9.17) is 16.6 Å². The van der Waals surface area contributed by atoms with Crippen molar-refractivity contribution < 1.29 is 20.4 Å². The van der Waals surface area contributed by atoms with Crippen molar-refractivity contribution in [1.82, 2.24) is 0 Å². The number of anilines is 4. The minimum absolute atomic E-state index is 0.180. The molecule has 2 aromatic rings. The number of hydrogen-bond acceptors (Lipinski definition) is 8. The van der Waals surface area contributed by atoms with E-state index in [-0.39, 0.29) is 13.0 Å². The van der Waals surface area contributed by atoms with Crippen LogP contribution < -0.4 is 21.7 Å². The maximum atomic E-state index is 10.0. The van der Waals surface area contributed by atoms with E-state index in [0.29, 0.717) is 34.9 Å². The van der Waals surface area contributed by atoms with Crippen LogP contribution in [0.15, 0.2) is 36.4 Å². The van der Waals surface area contributed by atoms with Gasteiger partial charge in [0, 0.05) is 24.3 Å². The number of hydrogen-bond donors (Lipinski definition) is 7. The van der Waals surface area contributed by atoms with Gasteiger partial charge in [-0.05, 0) is 49.2 Å². The average molecular weight is 390 g/mol. The molecular weight excluding hydrogens is 360 g/mol. The van der Waals surface area contributed by atoms with Crippen LogP contribution in [0.5, 0.6) is 0 Å². The summed E-state index contributed by atoms with van der Waals surface area (Å²) < 4.78 is 0. The lowest BCUT2D eigenvalue weighted by molar-refractivity contribution is 0.0955. The fraction of sp³-hybridized carbons (Fsp3) is 0.400. The first-order valence-corrected chi connectivity index (χ1v) is 9.18. The first kappa shape index (κ1) is 21.8. The summed E-state index contributed by atoms with van der Waals surface area (Å²) in [6.45, 7) is 3.10. The van der Waals surface area contributed by atoms with Crippen molar-refractivity contribution in [2.75, 3.05) is 28.3 Å². The van der Waals surface area contributed by atoms with E-state index < -0.39 is 18.6 Å². The van der Waals surface area contributed by atoms with Crippen LogP contribution in [0.2, 0.25) is 0 Å². The number of nitrogens with one attached hydrogen (secondary N) is 1. The molecule has 0 aliphatic carbocycles. The van der Waals surface area contributed by atoms with E-state index >= 15 is 0 Å². The Kier molecular flexibility index (Phi) is 7.47. The molecule has 0 heterocycles. The zero-order valence-electron chi connectivity index (χ0n) is 16.2. The highest BCUT2D eigenvalue weighted by molar-refractivity contribution is 5.71. The zero-order chi connectivity index (χ0) is 20.8. The summed E-state index contributed by atoms with van der Waals surface area (Å²) in [5, 5.41) is 42.4. The Morgan fingerprint density at radius 1 is 0.929 bits per heavy atom. The number of aliphatic hydroxyl groups is 4. The smallest absolute Gasteiger partial charge is 0.126 e. The van der Waals surface area contributed by atoms with Crippen molar-refractivity contribution in [2.24, 2.45) is 0 Å². The van der Waals surface area contributed by atoms with Gasteiger partial charge in [0.2, 0.25) is 0 Å². The van der Waals surface area contributed by atoms with Crippen LogP contribution in [0.1, 0.15) is 25.0 Å². The number of benzene rings is 2. The number of nitrogens with two attached hydrogens (primary N) is 2. The van der Waals surface area contributed by atoms with E-state index in [9.17, 15) is 15.3 Å². The topological polar surface area (TPSA) is 148 Å². The molecule has 0 aromatic heterocycles. The van der Waals surface area contributed by atoms with Crippen LogP contribution in [0.3, 0.4) is 0 Å². The SMILES string of the molecule is CC(O)N(c1ccccc1NCc1c(N)ccc(N)c1CC(O)CO)C(C)O. The fourth-order valence-electron chi connectivity index (χ4n) is 3.23. The molecule has 2 aromatic carbocycles. The molecule has 0 spiro atoms. The zero-order valence-corrected chi connectivity index (χ0v) is 16.2. The maximum absolute atomic E-state index is 10.0. The third-order valence-electron chi connectivity index (χ3n) is 4.60. The molecule has 0 saturated heterocycles. The number of nitrogen functional groups attached to an aromatic ring is 2. The average Bonchev–Trinajstić information content (AvgIpc) is 2.64. The van der Waals surface area contributed by atoms with Gasteiger partial charge in [0.1, 0.15) is 12.5 Å². The Hall–Kier alpha value is -2.52. The Morgan fingerprint density at radius 3 is 2.07 bits per heavy atom. The second kappa shape index (κ2) is 9.61. The highest BCUT2D eigenvalue weighted by Crippen LogP contribution is 2.31. The fourth-order valence-corrected chi connectivity index (χ4v) is 3.23. The quantitative estimate of drug-likeness (QED) is 0.246. The Morgan fingerprint density at radius 2 is 1.50 bits per heavy atom. The third-order valence-corrected chi connectivity index (χ3v) is 4.60. The summed E-state index contributed by atoms with van der Waals surface area (Å²) >= 11 is 0. The molecule has 0 saturated carbocycles. The highest BCUT2D eigenvalue weighted by atomic mass is 16.3. The van der Waals surface area contributed by atoms with Gasteiger partial charge in [-0.1, -0.05) is 12.1 Å². The predicted octanol–water partition coefficient (Wildman–Crippen LogP) is 0.842.